The molecule has 0 radical (unpaired) electrons. The minimum absolute atomic E-state index is 0.0929. The Morgan fingerprint density at radius 1 is 1.69 bits per heavy atom. The van der Waals surface area contributed by atoms with Crippen LogP contribution in [0.25, 0.3) is 0 Å². The smallest absolute Gasteiger partial charge is 0.250 e. The fraction of sp³-hybridized carbons (Fsp3) is 0.545. The van der Waals surface area contributed by atoms with Crippen molar-refractivity contribution in [3.05, 3.63) is 22.4 Å². The number of carbonyl (C=O) groups excluding carboxylic acids is 1. The largest absolute Gasteiger partial charge is 0.370 e. The number of methoxy groups -OCH3 is 1. The minimum atomic E-state index is -0.550. The zero-order valence-electron chi connectivity index (χ0n) is 9.60. The van der Waals surface area contributed by atoms with Gasteiger partial charge in [-0.3, -0.25) is 4.79 Å². The van der Waals surface area contributed by atoms with Gasteiger partial charge in [-0.25, -0.2) is 0 Å². The van der Waals surface area contributed by atoms with Gasteiger partial charge in [0.2, 0.25) is 0 Å². The molecule has 0 spiro atoms. The Labute approximate surface area is 99.8 Å². The van der Waals surface area contributed by atoms with E-state index in [1.165, 1.54) is 12.0 Å². The molecule has 1 rings (SSSR count). The number of nitrogens with one attached hydrogen (secondary N) is 1. The van der Waals surface area contributed by atoms with Crippen molar-refractivity contribution in [3.8, 4) is 0 Å². The Morgan fingerprint density at radius 3 is 2.94 bits per heavy atom. The van der Waals surface area contributed by atoms with Crippen LogP contribution in [0.5, 0.6) is 0 Å². The highest BCUT2D eigenvalue weighted by molar-refractivity contribution is 7.09. The van der Waals surface area contributed by atoms with Crippen LogP contribution in [0.4, 0.5) is 0 Å². The number of nitrogens with two attached hydrogens (primary N) is 1. The van der Waals surface area contributed by atoms with Crippen molar-refractivity contribution in [2.45, 2.75) is 25.5 Å². The molecule has 90 valence electrons. The maximum atomic E-state index is 11.6. The molecule has 3 N–H and O–H groups in total. The predicted molar refractivity (Wildman–Crippen MR) is 65.5 cm³/mol. The molecule has 1 amide bonds. The number of amides is 1. The first-order valence-corrected chi connectivity index (χ1v) is 6.11. The van der Waals surface area contributed by atoms with Gasteiger partial charge in [0, 0.05) is 31.0 Å². The molecule has 0 saturated heterocycles. The lowest BCUT2D eigenvalue weighted by Crippen LogP contribution is -2.44. The van der Waals surface area contributed by atoms with Gasteiger partial charge in [0.05, 0.1) is 0 Å². The van der Waals surface area contributed by atoms with Crippen molar-refractivity contribution < 1.29 is 9.53 Å². The third-order valence-corrected chi connectivity index (χ3v) is 3.17. The third kappa shape index (κ3) is 3.92. The Balaban J connectivity index is 2.39. The van der Waals surface area contributed by atoms with Crippen LogP contribution in [0.1, 0.15) is 11.8 Å². The lowest BCUT2D eigenvalue weighted by molar-refractivity contribution is -0.131. The molecule has 0 bridgehead atoms. The molecule has 1 aromatic rings. The van der Waals surface area contributed by atoms with Crippen LogP contribution in [0.15, 0.2) is 17.5 Å². The summed E-state index contributed by atoms with van der Waals surface area (Å²) in [5, 5.41) is 4.91. The van der Waals surface area contributed by atoms with E-state index in [0.29, 0.717) is 0 Å². The molecule has 2 unspecified atom stereocenters. The van der Waals surface area contributed by atoms with Crippen LogP contribution in [0, 0.1) is 0 Å². The normalized spacial score (nSPS) is 14.4. The topological polar surface area (TPSA) is 64.3 Å². The van der Waals surface area contributed by atoms with E-state index in [1.54, 1.807) is 11.3 Å². The molecule has 1 heterocycles. The van der Waals surface area contributed by atoms with E-state index in [9.17, 15) is 4.79 Å². The lowest BCUT2D eigenvalue weighted by atomic mass is 10.2. The summed E-state index contributed by atoms with van der Waals surface area (Å²) >= 11 is 1.69. The van der Waals surface area contributed by atoms with Crippen molar-refractivity contribution in [1.29, 1.82) is 0 Å². The SMILES string of the molecule is COC(CN)C(=O)NC(C)Cc1cccs1. The van der Waals surface area contributed by atoms with E-state index >= 15 is 0 Å². The number of carbonyl (C=O) groups is 1. The van der Waals surface area contributed by atoms with Gasteiger partial charge in [-0.1, -0.05) is 6.07 Å². The summed E-state index contributed by atoms with van der Waals surface area (Å²) in [6.07, 6.45) is 0.288. The molecular weight excluding hydrogens is 224 g/mol. The number of hydrogen-bond acceptors (Lipinski definition) is 4. The Hall–Kier alpha value is -0.910. The number of hydrogen-bond donors (Lipinski definition) is 2. The first kappa shape index (κ1) is 13.2. The fourth-order valence-electron chi connectivity index (χ4n) is 1.43. The molecule has 2 atom stereocenters. The fourth-order valence-corrected chi connectivity index (χ4v) is 2.26. The zero-order valence-corrected chi connectivity index (χ0v) is 10.4. The standard InChI is InChI=1S/C11H18N2O2S/c1-8(6-9-4-3-5-16-9)13-11(14)10(7-12)15-2/h3-5,8,10H,6-7,12H2,1-2H3,(H,13,14). The van der Waals surface area contributed by atoms with E-state index in [2.05, 4.69) is 11.4 Å². The van der Waals surface area contributed by atoms with E-state index in [1.807, 2.05) is 18.4 Å². The lowest BCUT2D eigenvalue weighted by Gasteiger charge is -2.17. The summed E-state index contributed by atoms with van der Waals surface area (Å²) in [5.74, 6) is -0.144. The van der Waals surface area contributed by atoms with Crippen molar-refractivity contribution in [3.63, 3.8) is 0 Å². The van der Waals surface area contributed by atoms with E-state index in [4.69, 9.17) is 10.5 Å². The van der Waals surface area contributed by atoms with Gasteiger partial charge in [-0.15, -0.1) is 11.3 Å². The monoisotopic (exact) mass is 242 g/mol. The van der Waals surface area contributed by atoms with Crippen LogP contribution in [0.2, 0.25) is 0 Å². The second-order valence-electron chi connectivity index (χ2n) is 3.65. The van der Waals surface area contributed by atoms with E-state index in [-0.39, 0.29) is 18.5 Å². The zero-order chi connectivity index (χ0) is 12.0. The summed E-state index contributed by atoms with van der Waals surface area (Å²) in [7, 11) is 1.49. The van der Waals surface area contributed by atoms with Crippen molar-refractivity contribution in [2.24, 2.45) is 5.73 Å². The molecule has 0 saturated carbocycles. The first-order valence-electron chi connectivity index (χ1n) is 5.23. The maximum Gasteiger partial charge on any atom is 0.250 e. The molecule has 0 aliphatic heterocycles. The molecule has 0 aliphatic rings. The van der Waals surface area contributed by atoms with Gasteiger partial charge in [0.1, 0.15) is 6.10 Å². The summed E-state index contributed by atoms with van der Waals surface area (Å²) in [5.41, 5.74) is 5.41. The second kappa shape index (κ2) is 6.62. The quantitative estimate of drug-likeness (QED) is 0.774. The van der Waals surface area contributed by atoms with Gasteiger partial charge in [0.25, 0.3) is 5.91 Å². The average molecular weight is 242 g/mol. The molecule has 0 aromatic carbocycles. The molecule has 16 heavy (non-hydrogen) atoms. The highest BCUT2D eigenvalue weighted by atomic mass is 32.1. The van der Waals surface area contributed by atoms with Gasteiger partial charge in [-0.2, -0.15) is 0 Å². The Bertz CT molecular complexity index is 310. The highest BCUT2D eigenvalue weighted by Gasteiger charge is 2.17. The van der Waals surface area contributed by atoms with Crippen LogP contribution in [-0.2, 0) is 16.0 Å². The Morgan fingerprint density at radius 2 is 2.44 bits per heavy atom. The van der Waals surface area contributed by atoms with E-state index in [0.717, 1.165) is 6.42 Å². The third-order valence-electron chi connectivity index (χ3n) is 2.27. The maximum absolute atomic E-state index is 11.6. The van der Waals surface area contributed by atoms with Crippen molar-refractivity contribution >= 4 is 17.2 Å². The van der Waals surface area contributed by atoms with Gasteiger partial charge in [-0.05, 0) is 18.4 Å². The summed E-state index contributed by atoms with van der Waals surface area (Å²) in [6, 6.07) is 4.16. The number of thiophene rings is 1. The van der Waals surface area contributed by atoms with Crippen LogP contribution >= 0.6 is 11.3 Å². The molecular formula is C11H18N2O2S. The second-order valence-corrected chi connectivity index (χ2v) is 4.69. The van der Waals surface area contributed by atoms with Crippen LogP contribution < -0.4 is 11.1 Å². The molecule has 0 fully saturated rings. The number of ether oxygens (including phenoxy) is 1. The summed E-state index contributed by atoms with van der Waals surface area (Å²) in [4.78, 5) is 12.9. The summed E-state index contributed by atoms with van der Waals surface area (Å²) < 4.78 is 4.96. The van der Waals surface area contributed by atoms with Gasteiger partial charge < -0.3 is 15.8 Å². The van der Waals surface area contributed by atoms with Crippen molar-refractivity contribution in [1.82, 2.24) is 5.32 Å². The molecule has 1 aromatic heterocycles. The highest BCUT2D eigenvalue weighted by Crippen LogP contribution is 2.10. The first-order chi connectivity index (χ1) is 7.67. The predicted octanol–water partition coefficient (Wildman–Crippen LogP) is 0.769. The van der Waals surface area contributed by atoms with Gasteiger partial charge in [0.15, 0.2) is 0 Å². The molecule has 5 heteroatoms. The minimum Gasteiger partial charge on any atom is -0.370 e. The molecule has 0 aliphatic carbocycles. The van der Waals surface area contributed by atoms with Crippen LogP contribution in [0.3, 0.4) is 0 Å². The average Bonchev–Trinajstić information content (AvgIpc) is 2.71. The van der Waals surface area contributed by atoms with E-state index < -0.39 is 6.10 Å². The summed E-state index contributed by atoms with van der Waals surface area (Å²) in [6.45, 7) is 2.18. The Kier molecular flexibility index (Phi) is 5.45. The number of rotatable bonds is 6. The van der Waals surface area contributed by atoms with Crippen LogP contribution in [-0.4, -0.2) is 31.7 Å². The van der Waals surface area contributed by atoms with Gasteiger partial charge >= 0.3 is 0 Å². The van der Waals surface area contributed by atoms with Crippen molar-refractivity contribution in [2.75, 3.05) is 13.7 Å². The molecule has 4 nitrogen and oxygen atoms in total.